The number of methoxy groups -OCH3 is 1. The second-order valence-electron chi connectivity index (χ2n) is 13.3. The van der Waals surface area contributed by atoms with Crippen molar-refractivity contribution in [3.63, 3.8) is 0 Å². The number of ether oxygens (including phenoxy) is 1. The van der Waals surface area contributed by atoms with Crippen LogP contribution in [0.1, 0.15) is 112 Å². The third-order valence-electron chi connectivity index (χ3n) is 9.24. The first-order chi connectivity index (χ1) is 21.6. The molecule has 2 aromatic rings. The maximum absolute atomic E-state index is 14.5. The molecule has 250 valence electrons. The number of esters is 1. The number of carbonyl (C=O) groups excluding carboxylic acids is 3. The Hall–Kier alpha value is -3.40. The van der Waals surface area contributed by atoms with Crippen molar-refractivity contribution in [3.8, 4) is 0 Å². The van der Waals surface area contributed by atoms with Crippen molar-refractivity contribution in [2.75, 3.05) is 13.7 Å². The van der Waals surface area contributed by atoms with E-state index in [9.17, 15) is 27.6 Å². The van der Waals surface area contributed by atoms with Crippen LogP contribution in [0.25, 0.3) is 0 Å². The Morgan fingerprint density at radius 1 is 1.11 bits per heavy atom. The third kappa shape index (κ3) is 7.93. The number of amides is 2. The zero-order chi connectivity index (χ0) is 33.9. The Morgan fingerprint density at radius 2 is 1.76 bits per heavy atom. The Kier molecular flexibility index (Phi) is 10.9. The number of carbonyl (C=O) groups is 3. The molecule has 2 aromatic carbocycles. The van der Waals surface area contributed by atoms with Gasteiger partial charge in [-0.2, -0.15) is 13.2 Å². The van der Waals surface area contributed by atoms with Crippen LogP contribution >= 0.6 is 11.6 Å². The van der Waals surface area contributed by atoms with Crippen LogP contribution in [0, 0.1) is 11.3 Å². The third-order valence-corrected chi connectivity index (χ3v) is 9.46. The van der Waals surface area contributed by atoms with E-state index in [-0.39, 0.29) is 40.6 Å². The van der Waals surface area contributed by atoms with Crippen LogP contribution in [0.4, 0.5) is 13.2 Å². The van der Waals surface area contributed by atoms with Crippen LogP contribution in [0.15, 0.2) is 47.5 Å². The Labute approximate surface area is 273 Å². The summed E-state index contributed by atoms with van der Waals surface area (Å²) in [4.78, 5) is 45.4. The lowest BCUT2D eigenvalue weighted by atomic mass is 9.69. The summed E-state index contributed by atoms with van der Waals surface area (Å²) in [5, 5.41) is 2.58. The highest BCUT2D eigenvalue weighted by Crippen LogP contribution is 2.50. The molecule has 1 fully saturated rings. The summed E-state index contributed by atoms with van der Waals surface area (Å²) in [6, 6.07) is 9.75. The van der Waals surface area contributed by atoms with Gasteiger partial charge < -0.3 is 15.0 Å². The molecule has 0 bridgehead atoms. The molecule has 1 unspecified atom stereocenters. The number of rotatable bonds is 10. The van der Waals surface area contributed by atoms with Crippen molar-refractivity contribution in [1.82, 2.24) is 10.2 Å². The van der Waals surface area contributed by atoms with Crippen molar-refractivity contribution in [3.05, 3.63) is 69.7 Å². The van der Waals surface area contributed by atoms with Gasteiger partial charge in [-0.25, -0.2) is 0 Å². The molecule has 1 heterocycles. The van der Waals surface area contributed by atoms with Gasteiger partial charge in [-0.15, -0.1) is 0 Å². The van der Waals surface area contributed by atoms with Crippen LogP contribution < -0.4 is 5.32 Å². The SMILES string of the molecule is CCCCC(c1ccc(C(=O)NCCC(=O)OC)cc1)N1C(=O)C(c2cc(Cl)cc(C(F)(F)F)c2)=NC12CCC(C(C)(C)C)CC2. The lowest BCUT2D eigenvalue weighted by Gasteiger charge is -2.47. The highest BCUT2D eigenvalue weighted by Gasteiger charge is 2.52. The van der Waals surface area contributed by atoms with E-state index >= 15 is 0 Å². The predicted molar refractivity (Wildman–Crippen MR) is 172 cm³/mol. The van der Waals surface area contributed by atoms with Crippen LogP contribution in [0.5, 0.6) is 0 Å². The average Bonchev–Trinajstić information content (AvgIpc) is 3.27. The highest BCUT2D eigenvalue weighted by molar-refractivity contribution is 6.47. The normalized spacial score (nSPS) is 20.9. The van der Waals surface area contributed by atoms with Crippen LogP contribution in [0.2, 0.25) is 5.02 Å². The monoisotopic (exact) mass is 661 g/mol. The molecular formula is C35H43ClF3N3O4. The molecule has 0 saturated heterocycles. The molecular weight excluding hydrogens is 619 g/mol. The van der Waals surface area contributed by atoms with Gasteiger partial charge in [0.25, 0.3) is 11.8 Å². The first-order valence-corrected chi connectivity index (χ1v) is 16.2. The molecule has 0 aromatic heterocycles. The van der Waals surface area contributed by atoms with E-state index in [2.05, 4.69) is 37.7 Å². The van der Waals surface area contributed by atoms with E-state index < -0.39 is 35.3 Å². The quantitative estimate of drug-likeness (QED) is 0.260. The van der Waals surface area contributed by atoms with Gasteiger partial charge in [-0.1, -0.05) is 64.3 Å². The van der Waals surface area contributed by atoms with E-state index in [1.807, 2.05) is 12.1 Å². The van der Waals surface area contributed by atoms with Crippen molar-refractivity contribution in [1.29, 1.82) is 0 Å². The summed E-state index contributed by atoms with van der Waals surface area (Å²) in [5.41, 5.74) is -0.543. The van der Waals surface area contributed by atoms with E-state index in [1.54, 1.807) is 17.0 Å². The minimum absolute atomic E-state index is 0.00897. The number of nitrogens with one attached hydrogen (secondary N) is 1. The van der Waals surface area contributed by atoms with Gasteiger partial charge in [0.1, 0.15) is 11.4 Å². The van der Waals surface area contributed by atoms with Crippen molar-refractivity contribution in [2.45, 2.75) is 96.9 Å². The molecule has 1 aliphatic heterocycles. The predicted octanol–water partition coefficient (Wildman–Crippen LogP) is 8.15. The number of benzene rings is 2. The lowest BCUT2D eigenvalue weighted by molar-refractivity contribution is -0.140. The molecule has 1 atom stereocenters. The fourth-order valence-corrected chi connectivity index (χ4v) is 6.84. The maximum atomic E-state index is 14.5. The van der Waals surface area contributed by atoms with E-state index in [0.29, 0.717) is 30.7 Å². The van der Waals surface area contributed by atoms with Crippen molar-refractivity contribution in [2.24, 2.45) is 16.3 Å². The maximum Gasteiger partial charge on any atom is 0.416 e. The number of halogens is 4. The fourth-order valence-electron chi connectivity index (χ4n) is 6.60. The molecule has 11 heteroatoms. The Morgan fingerprint density at radius 3 is 2.33 bits per heavy atom. The smallest absolute Gasteiger partial charge is 0.416 e. The molecule has 2 aliphatic rings. The number of alkyl halides is 3. The first kappa shape index (κ1) is 35.5. The molecule has 46 heavy (non-hydrogen) atoms. The van der Waals surface area contributed by atoms with Gasteiger partial charge in [0.15, 0.2) is 0 Å². The van der Waals surface area contributed by atoms with Gasteiger partial charge in [-0.3, -0.25) is 19.4 Å². The van der Waals surface area contributed by atoms with E-state index in [4.69, 9.17) is 16.6 Å². The van der Waals surface area contributed by atoms with Crippen molar-refractivity contribution < 1.29 is 32.3 Å². The van der Waals surface area contributed by atoms with Crippen LogP contribution in [0.3, 0.4) is 0 Å². The van der Waals surface area contributed by atoms with E-state index in [0.717, 1.165) is 43.4 Å². The van der Waals surface area contributed by atoms with E-state index in [1.165, 1.54) is 13.2 Å². The number of hydrogen-bond donors (Lipinski definition) is 1. The minimum atomic E-state index is -4.64. The van der Waals surface area contributed by atoms with Crippen LogP contribution in [-0.2, 0) is 20.5 Å². The second-order valence-corrected chi connectivity index (χ2v) is 13.8. The largest absolute Gasteiger partial charge is 0.469 e. The summed E-state index contributed by atoms with van der Waals surface area (Å²) in [6.07, 6.45) is 0.501. The zero-order valence-corrected chi connectivity index (χ0v) is 27.9. The average molecular weight is 662 g/mol. The van der Waals surface area contributed by atoms with Gasteiger partial charge >= 0.3 is 12.1 Å². The summed E-state index contributed by atoms with van der Waals surface area (Å²) in [7, 11) is 1.28. The minimum Gasteiger partial charge on any atom is -0.469 e. The summed E-state index contributed by atoms with van der Waals surface area (Å²) < 4.78 is 45.9. The van der Waals surface area contributed by atoms with Crippen LogP contribution in [-0.4, -0.2) is 47.7 Å². The molecule has 4 rings (SSSR count). The molecule has 2 amide bonds. The Balaban J connectivity index is 1.73. The van der Waals surface area contributed by atoms with Gasteiger partial charge in [0.05, 0.1) is 25.1 Å². The van der Waals surface area contributed by atoms with Gasteiger partial charge in [0.2, 0.25) is 0 Å². The number of nitrogens with zero attached hydrogens (tertiary/aromatic N) is 2. The number of unbranched alkanes of at least 4 members (excludes halogenated alkanes) is 1. The fraction of sp³-hybridized carbons (Fsp3) is 0.543. The summed E-state index contributed by atoms with van der Waals surface area (Å²) in [6.45, 7) is 8.78. The molecule has 1 aliphatic carbocycles. The molecule has 1 saturated carbocycles. The molecule has 1 spiro atoms. The zero-order valence-electron chi connectivity index (χ0n) is 27.1. The van der Waals surface area contributed by atoms with Gasteiger partial charge in [0, 0.05) is 22.7 Å². The standard InChI is InChI=1S/C35H43ClF3N3O4/c1-6-7-8-28(22-9-11-23(12-10-22)31(44)40-18-15-29(43)46-5)42-32(45)30(24-19-26(35(37,38)39)21-27(36)20-24)41-34(42)16-13-25(14-17-34)33(2,3)4/h9-12,19-21,25,28H,6-8,13-18H2,1-5H3,(H,40,44). The molecule has 7 nitrogen and oxygen atoms in total. The summed E-state index contributed by atoms with van der Waals surface area (Å²) in [5.74, 6) is -0.787. The first-order valence-electron chi connectivity index (χ1n) is 15.9. The molecule has 1 N–H and O–H groups in total. The highest BCUT2D eigenvalue weighted by atomic mass is 35.5. The molecule has 0 radical (unpaired) electrons. The second kappa shape index (κ2) is 14.2. The topological polar surface area (TPSA) is 88.1 Å². The number of aliphatic imine (C=N–C) groups is 1. The van der Waals surface area contributed by atoms with Gasteiger partial charge in [-0.05, 0) is 79.3 Å². The van der Waals surface area contributed by atoms with Crippen molar-refractivity contribution >= 4 is 35.1 Å². The number of hydrogen-bond acceptors (Lipinski definition) is 5. The summed E-state index contributed by atoms with van der Waals surface area (Å²) >= 11 is 6.15. The Bertz CT molecular complexity index is 1460. The lowest BCUT2D eigenvalue weighted by Crippen LogP contribution is -2.51.